The zero-order chi connectivity index (χ0) is 15.6. The van der Waals surface area contributed by atoms with Crippen LogP contribution in [-0.4, -0.2) is 43.2 Å². The molecule has 0 bridgehead atoms. The van der Waals surface area contributed by atoms with E-state index in [0.717, 1.165) is 37.2 Å². The summed E-state index contributed by atoms with van der Waals surface area (Å²) in [6.45, 7) is 8.04. The topological polar surface area (TPSA) is 65.1 Å². The van der Waals surface area contributed by atoms with E-state index >= 15 is 0 Å². The van der Waals surface area contributed by atoms with Crippen molar-refractivity contribution in [3.8, 4) is 0 Å². The maximum absolute atomic E-state index is 12.3. The van der Waals surface area contributed by atoms with Gasteiger partial charge in [0.05, 0.1) is 6.33 Å². The molecular weight excluding hydrogens is 270 g/mol. The van der Waals surface area contributed by atoms with E-state index in [9.17, 15) is 9.59 Å². The number of nitrogens with zero attached hydrogens (tertiary/aromatic N) is 5. The molecule has 7 nitrogen and oxygen atoms in total. The fourth-order valence-electron chi connectivity index (χ4n) is 2.57. The summed E-state index contributed by atoms with van der Waals surface area (Å²) in [5, 5.41) is 0. The summed E-state index contributed by atoms with van der Waals surface area (Å²) < 4.78 is 4.39. The lowest BCUT2D eigenvalue weighted by molar-refractivity contribution is 0.294. The number of hydrogen-bond acceptors (Lipinski definition) is 4. The Morgan fingerprint density at radius 1 is 1.14 bits per heavy atom. The Balaban J connectivity index is 2.31. The van der Waals surface area contributed by atoms with Crippen molar-refractivity contribution in [2.45, 2.75) is 26.8 Å². The highest BCUT2D eigenvalue weighted by molar-refractivity contribution is 5.69. The van der Waals surface area contributed by atoms with E-state index in [1.54, 1.807) is 13.4 Å². The Bertz CT molecular complexity index is 736. The van der Waals surface area contributed by atoms with Crippen LogP contribution in [0.4, 0.5) is 0 Å². The molecule has 21 heavy (non-hydrogen) atoms. The van der Waals surface area contributed by atoms with Crippen molar-refractivity contribution in [3.05, 3.63) is 27.2 Å². The van der Waals surface area contributed by atoms with Crippen molar-refractivity contribution in [2.75, 3.05) is 19.6 Å². The molecule has 116 valence electrons. The molecule has 0 aliphatic rings. The second kappa shape index (κ2) is 6.26. The van der Waals surface area contributed by atoms with Crippen molar-refractivity contribution >= 4 is 11.2 Å². The van der Waals surface area contributed by atoms with Crippen LogP contribution in [0.25, 0.3) is 11.2 Å². The standard InChI is InChI=1S/C14H23N5O2/c1-5-18(6-2)8-7-9-19-10-15-12-11(19)13(20)17(4)14(21)16(12)3/h10H,5-9H2,1-4H3. The SMILES string of the molecule is CCN(CC)CCCn1cnc2c1c(=O)n(C)c(=O)n2C. The largest absolute Gasteiger partial charge is 0.332 e. The quantitative estimate of drug-likeness (QED) is 0.761. The van der Waals surface area contributed by atoms with Crippen LogP contribution in [0.15, 0.2) is 15.9 Å². The Morgan fingerprint density at radius 3 is 2.43 bits per heavy atom. The molecule has 2 aromatic heterocycles. The van der Waals surface area contributed by atoms with Crippen LogP contribution in [0, 0.1) is 0 Å². The Morgan fingerprint density at radius 2 is 1.81 bits per heavy atom. The summed E-state index contributed by atoms with van der Waals surface area (Å²) in [6, 6.07) is 0. The van der Waals surface area contributed by atoms with E-state index < -0.39 is 0 Å². The molecule has 0 saturated carbocycles. The van der Waals surface area contributed by atoms with Gasteiger partial charge in [0.2, 0.25) is 0 Å². The van der Waals surface area contributed by atoms with Crippen LogP contribution in [0.3, 0.4) is 0 Å². The lowest BCUT2D eigenvalue weighted by Gasteiger charge is -2.17. The van der Waals surface area contributed by atoms with Gasteiger partial charge in [0.25, 0.3) is 5.56 Å². The van der Waals surface area contributed by atoms with Crippen LogP contribution in [0.2, 0.25) is 0 Å². The Hall–Kier alpha value is -1.89. The van der Waals surface area contributed by atoms with E-state index in [-0.39, 0.29) is 11.2 Å². The molecule has 0 aliphatic heterocycles. The molecule has 0 aromatic carbocycles. The molecule has 0 N–H and O–H groups in total. The predicted molar refractivity (Wildman–Crippen MR) is 82.6 cm³/mol. The summed E-state index contributed by atoms with van der Waals surface area (Å²) in [4.78, 5) is 30.7. The molecule has 0 spiro atoms. The van der Waals surface area contributed by atoms with Gasteiger partial charge in [-0.25, -0.2) is 9.78 Å². The van der Waals surface area contributed by atoms with E-state index in [1.807, 2.05) is 4.57 Å². The first-order valence-electron chi connectivity index (χ1n) is 7.34. The highest BCUT2D eigenvalue weighted by Gasteiger charge is 2.13. The lowest BCUT2D eigenvalue weighted by Crippen LogP contribution is -2.37. The first kappa shape index (κ1) is 15.5. The zero-order valence-corrected chi connectivity index (χ0v) is 13.2. The molecule has 0 radical (unpaired) electrons. The zero-order valence-electron chi connectivity index (χ0n) is 13.2. The number of aryl methyl sites for hydroxylation is 2. The molecular formula is C14H23N5O2. The number of hydrogen-bond donors (Lipinski definition) is 0. The first-order chi connectivity index (χ1) is 10.0. The molecule has 2 rings (SSSR count). The van der Waals surface area contributed by atoms with Gasteiger partial charge in [-0.1, -0.05) is 13.8 Å². The van der Waals surface area contributed by atoms with Crippen LogP contribution in [0.5, 0.6) is 0 Å². The summed E-state index contributed by atoms with van der Waals surface area (Å²) in [6.07, 6.45) is 2.59. The third kappa shape index (κ3) is 2.78. The second-order valence-corrected chi connectivity index (χ2v) is 5.20. The predicted octanol–water partition coefficient (Wildman–Crippen LogP) is 0.166. The van der Waals surface area contributed by atoms with Crippen molar-refractivity contribution in [3.63, 3.8) is 0 Å². The lowest BCUT2D eigenvalue weighted by atomic mass is 10.3. The summed E-state index contributed by atoms with van der Waals surface area (Å²) >= 11 is 0. The Labute approximate surface area is 123 Å². The van der Waals surface area contributed by atoms with Gasteiger partial charge in [0.15, 0.2) is 11.2 Å². The molecule has 7 heteroatoms. The minimum atomic E-state index is -0.346. The number of aromatic nitrogens is 4. The van der Waals surface area contributed by atoms with E-state index in [1.165, 1.54) is 11.6 Å². The van der Waals surface area contributed by atoms with E-state index in [4.69, 9.17) is 0 Å². The third-order valence-corrected chi connectivity index (χ3v) is 3.98. The van der Waals surface area contributed by atoms with Gasteiger partial charge in [-0.3, -0.25) is 13.9 Å². The smallest absolute Gasteiger partial charge is 0.325 e. The molecule has 2 heterocycles. The van der Waals surface area contributed by atoms with Crippen LogP contribution < -0.4 is 11.2 Å². The van der Waals surface area contributed by atoms with Crippen molar-refractivity contribution in [1.82, 2.24) is 23.6 Å². The highest BCUT2D eigenvalue weighted by Crippen LogP contribution is 2.06. The molecule has 0 unspecified atom stereocenters. The fourth-order valence-corrected chi connectivity index (χ4v) is 2.57. The summed E-state index contributed by atoms with van der Waals surface area (Å²) in [5.41, 5.74) is 0.319. The van der Waals surface area contributed by atoms with Gasteiger partial charge in [-0.2, -0.15) is 0 Å². The number of imidazole rings is 1. The minimum absolute atomic E-state index is 0.284. The molecule has 0 aliphatic carbocycles. The number of fused-ring (bicyclic) bond motifs is 1. The van der Waals surface area contributed by atoms with Crippen molar-refractivity contribution in [2.24, 2.45) is 14.1 Å². The maximum Gasteiger partial charge on any atom is 0.332 e. The van der Waals surface area contributed by atoms with Gasteiger partial charge in [-0.05, 0) is 26.1 Å². The highest BCUT2D eigenvalue weighted by atomic mass is 16.2. The molecule has 0 fully saturated rings. The van der Waals surface area contributed by atoms with Crippen LogP contribution in [0.1, 0.15) is 20.3 Å². The first-order valence-corrected chi connectivity index (χ1v) is 7.34. The fraction of sp³-hybridized carbons (Fsp3) is 0.643. The number of rotatable bonds is 6. The van der Waals surface area contributed by atoms with Gasteiger partial charge >= 0.3 is 5.69 Å². The average Bonchev–Trinajstić information content (AvgIpc) is 2.91. The summed E-state index contributed by atoms with van der Waals surface area (Å²) in [7, 11) is 3.13. The normalized spacial score (nSPS) is 11.7. The monoisotopic (exact) mass is 293 g/mol. The molecule has 0 amide bonds. The molecule has 2 aromatic rings. The van der Waals surface area contributed by atoms with Crippen molar-refractivity contribution in [1.29, 1.82) is 0 Å². The van der Waals surface area contributed by atoms with E-state index in [2.05, 4.69) is 23.7 Å². The third-order valence-electron chi connectivity index (χ3n) is 3.98. The minimum Gasteiger partial charge on any atom is -0.325 e. The van der Waals surface area contributed by atoms with Crippen LogP contribution in [-0.2, 0) is 20.6 Å². The van der Waals surface area contributed by atoms with Crippen LogP contribution >= 0.6 is 0 Å². The Kier molecular flexibility index (Phi) is 4.62. The molecule has 0 saturated heterocycles. The average molecular weight is 293 g/mol. The summed E-state index contributed by atoms with van der Waals surface area (Å²) in [5.74, 6) is 0. The maximum atomic E-state index is 12.3. The van der Waals surface area contributed by atoms with Gasteiger partial charge in [0.1, 0.15) is 0 Å². The van der Waals surface area contributed by atoms with Gasteiger partial charge < -0.3 is 9.47 Å². The van der Waals surface area contributed by atoms with E-state index in [0.29, 0.717) is 11.2 Å². The van der Waals surface area contributed by atoms with Crippen molar-refractivity contribution < 1.29 is 0 Å². The van der Waals surface area contributed by atoms with Gasteiger partial charge in [0, 0.05) is 20.6 Å². The van der Waals surface area contributed by atoms with Gasteiger partial charge in [-0.15, -0.1) is 0 Å². The molecule has 0 atom stereocenters. The second-order valence-electron chi connectivity index (χ2n) is 5.20.